The molecule has 0 fully saturated rings. The van der Waals surface area contributed by atoms with Gasteiger partial charge in [-0.2, -0.15) is 0 Å². The average Bonchev–Trinajstić information content (AvgIpc) is 2.37. The fraction of sp³-hybridized carbons (Fsp3) is 0.143. The summed E-state index contributed by atoms with van der Waals surface area (Å²) in [5, 5.41) is 10.5. The summed E-state index contributed by atoms with van der Waals surface area (Å²) in [5.41, 5.74) is 1.93. The third-order valence-corrected chi connectivity index (χ3v) is 3.84. The summed E-state index contributed by atoms with van der Waals surface area (Å²) in [4.78, 5) is 15.2. The molecule has 0 radical (unpaired) electrons. The van der Waals surface area contributed by atoms with Crippen LogP contribution in [0.1, 0.15) is 21.6 Å². The molecule has 0 atom stereocenters. The van der Waals surface area contributed by atoms with E-state index in [-0.39, 0.29) is 5.56 Å². The zero-order valence-electron chi connectivity index (χ0n) is 10.3. The maximum absolute atomic E-state index is 10.9. The van der Waals surface area contributed by atoms with Crippen LogP contribution in [0, 0.1) is 6.92 Å². The van der Waals surface area contributed by atoms with E-state index in [0.717, 1.165) is 16.3 Å². The minimum absolute atomic E-state index is 0.246. The Bertz CT molecular complexity index is 599. The highest BCUT2D eigenvalue weighted by atomic mass is 35.5. The van der Waals surface area contributed by atoms with Gasteiger partial charge in [-0.3, -0.25) is 0 Å². The summed E-state index contributed by atoms with van der Waals surface area (Å²) < 4.78 is 0. The van der Waals surface area contributed by atoms with Crippen molar-refractivity contribution >= 4 is 29.3 Å². The molecule has 0 unspecified atom stereocenters. The number of hydrogen-bond donors (Lipinski definition) is 1. The predicted octanol–water partition coefficient (Wildman–Crippen LogP) is 4.03. The molecule has 1 aromatic carbocycles. The van der Waals surface area contributed by atoms with Gasteiger partial charge >= 0.3 is 5.97 Å². The summed E-state index contributed by atoms with van der Waals surface area (Å²) in [5.74, 6) is -0.171. The number of benzene rings is 1. The van der Waals surface area contributed by atoms with E-state index in [0.29, 0.717) is 10.7 Å². The minimum atomic E-state index is -0.945. The van der Waals surface area contributed by atoms with E-state index in [1.54, 1.807) is 30.8 Å². The molecule has 5 heteroatoms. The lowest BCUT2D eigenvalue weighted by Crippen LogP contribution is -2.01. The smallest absolute Gasteiger partial charge is 0.337 e. The van der Waals surface area contributed by atoms with Crippen molar-refractivity contribution in [3.8, 4) is 0 Å². The number of aromatic nitrogens is 1. The summed E-state index contributed by atoms with van der Waals surface area (Å²) in [7, 11) is 0. The van der Waals surface area contributed by atoms with Crippen molar-refractivity contribution in [2.75, 3.05) is 0 Å². The number of aryl methyl sites for hydroxylation is 1. The molecule has 98 valence electrons. The van der Waals surface area contributed by atoms with E-state index < -0.39 is 5.97 Å². The Balaban J connectivity index is 2.06. The van der Waals surface area contributed by atoms with E-state index in [1.807, 2.05) is 24.3 Å². The normalized spacial score (nSPS) is 10.4. The molecule has 0 saturated carbocycles. The largest absolute Gasteiger partial charge is 0.478 e. The Kier molecular flexibility index (Phi) is 4.45. The average molecular weight is 294 g/mol. The topological polar surface area (TPSA) is 50.2 Å². The van der Waals surface area contributed by atoms with Gasteiger partial charge in [0.05, 0.1) is 16.3 Å². The number of carbonyl (C=O) groups is 1. The number of pyridine rings is 1. The molecular formula is C14H12ClNO2S. The molecule has 2 aromatic rings. The molecule has 1 heterocycles. The monoisotopic (exact) mass is 293 g/mol. The van der Waals surface area contributed by atoms with Crippen molar-refractivity contribution in [1.82, 2.24) is 4.98 Å². The molecule has 1 aromatic heterocycles. The molecule has 0 saturated heterocycles. The van der Waals surface area contributed by atoms with Gasteiger partial charge in [-0.25, -0.2) is 9.78 Å². The molecule has 0 aliphatic carbocycles. The molecule has 0 aliphatic rings. The highest BCUT2D eigenvalue weighted by molar-refractivity contribution is 7.98. The second-order valence-corrected chi connectivity index (χ2v) is 5.43. The van der Waals surface area contributed by atoms with Gasteiger partial charge in [0.15, 0.2) is 0 Å². The molecule has 0 aliphatic heterocycles. The molecule has 1 N–H and O–H groups in total. The molecule has 0 spiro atoms. The van der Waals surface area contributed by atoms with Crippen molar-refractivity contribution in [2.24, 2.45) is 0 Å². The van der Waals surface area contributed by atoms with Crippen LogP contribution in [0.3, 0.4) is 0 Å². The second kappa shape index (κ2) is 6.08. The number of hydrogen-bond acceptors (Lipinski definition) is 3. The van der Waals surface area contributed by atoms with Gasteiger partial charge in [-0.15, -0.1) is 11.8 Å². The van der Waals surface area contributed by atoms with E-state index in [2.05, 4.69) is 4.98 Å². The van der Waals surface area contributed by atoms with Gasteiger partial charge in [-0.05, 0) is 36.8 Å². The molecule has 0 bridgehead atoms. The van der Waals surface area contributed by atoms with Gasteiger partial charge < -0.3 is 5.11 Å². The lowest BCUT2D eigenvalue weighted by molar-refractivity contribution is 0.0695. The third kappa shape index (κ3) is 3.72. The second-order valence-electron chi connectivity index (χ2n) is 4.00. The van der Waals surface area contributed by atoms with Crippen molar-refractivity contribution in [3.05, 3.63) is 58.2 Å². The number of rotatable bonds is 4. The van der Waals surface area contributed by atoms with Gasteiger partial charge in [-0.1, -0.05) is 23.7 Å². The van der Waals surface area contributed by atoms with Crippen LogP contribution < -0.4 is 0 Å². The van der Waals surface area contributed by atoms with Gasteiger partial charge in [0.2, 0.25) is 0 Å². The van der Waals surface area contributed by atoms with Crippen molar-refractivity contribution in [3.63, 3.8) is 0 Å². The van der Waals surface area contributed by atoms with E-state index in [9.17, 15) is 4.79 Å². The molecular weight excluding hydrogens is 282 g/mol. The fourth-order valence-electron chi connectivity index (χ4n) is 1.58. The fourth-order valence-corrected chi connectivity index (χ4v) is 2.58. The Morgan fingerprint density at radius 3 is 2.53 bits per heavy atom. The van der Waals surface area contributed by atoms with Crippen LogP contribution in [-0.4, -0.2) is 16.1 Å². The lowest BCUT2D eigenvalue weighted by Gasteiger charge is -2.05. The minimum Gasteiger partial charge on any atom is -0.478 e. The number of halogens is 1. The molecule has 3 nitrogen and oxygen atoms in total. The first-order chi connectivity index (χ1) is 9.06. The summed E-state index contributed by atoms with van der Waals surface area (Å²) >= 11 is 7.39. The zero-order valence-corrected chi connectivity index (χ0v) is 11.8. The maximum Gasteiger partial charge on any atom is 0.337 e. The first-order valence-corrected chi connectivity index (χ1v) is 7.01. The van der Waals surface area contributed by atoms with Crippen molar-refractivity contribution in [2.45, 2.75) is 17.7 Å². The maximum atomic E-state index is 10.9. The van der Waals surface area contributed by atoms with E-state index >= 15 is 0 Å². The SMILES string of the molecule is Cc1nc(SCc2ccc(Cl)cc2)ccc1C(=O)O. The van der Waals surface area contributed by atoms with Crippen LogP contribution in [0.15, 0.2) is 41.4 Å². The van der Waals surface area contributed by atoms with E-state index in [4.69, 9.17) is 16.7 Å². The van der Waals surface area contributed by atoms with E-state index in [1.165, 1.54) is 0 Å². The Hall–Kier alpha value is -1.52. The summed E-state index contributed by atoms with van der Waals surface area (Å²) in [6, 6.07) is 11.0. The Morgan fingerprint density at radius 2 is 1.95 bits per heavy atom. The number of nitrogens with zero attached hydrogens (tertiary/aromatic N) is 1. The predicted molar refractivity (Wildman–Crippen MR) is 76.9 cm³/mol. The Labute approximate surface area is 120 Å². The first kappa shape index (κ1) is 13.9. The number of aromatic carboxylic acids is 1. The molecule has 0 amide bonds. The standard InChI is InChI=1S/C14H12ClNO2S/c1-9-12(14(17)18)6-7-13(16-9)19-8-10-2-4-11(15)5-3-10/h2-7H,8H2,1H3,(H,17,18). The summed E-state index contributed by atoms with van der Waals surface area (Å²) in [6.07, 6.45) is 0. The summed E-state index contributed by atoms with van der Waals surface area (Å²) in [6.45, 7) is 1.70. The first-order valence-electron chi connectivity index (χ1n) is 5.64. The van der Waals surface area contributed by atoms with Crippen LogP contribution in [0.25, 0.3) is 0 Å². The van der Waals surface area contributed by atoms with Gasteiger partial charge in [0.25, 0.3) is 0 Å². The number of carboxylic acids is 1. The van der Waals surface area contributed by atoms with Crippen molar-refractivity contribution in [1.29, 1.82) is 0 Å². The van der Waals surface area contributed by atoms with Crippen LogP contribution in [0.2, 0.25) is 5.02 Å². The number of carboxylic acid groups (broad SMARTS) is 1. The third-order valence-electron chi connectivity index (χ3n) is 2.59. The van der Waals surface area contributed by atoms with Gasteiger partial charge in [0, 0.05) is 10.8 Å². The van der Waals surface area contributed by atoms with Crippen molar-refractivity contribution < 1.29 is 9.90 Å². The van der Waals surface area contributed by atoms with Gasteiger partial charge in [0.1, 0.15) is 0 Å². The highest BCUT2D eigenvalue weighted by Gasteiger charge is 2.08. The zero-order chi connectivity index (χ0) is 13.8. The Morgan fingerprint density at radius 1 is 1.26 bits per heavy atom. The highest BCUT2D eigenvalue weighted by Crippen LogP contribution is 2.23. The molecule has 2 rings (SSSR count). The quantitative estimate of drug-likeness (QED) is 0.865. The molecule has 19 heavy (non-hydrogen) atoms. The van der Waals surface area contributed by atoms with Crippen LogP contribution in [0.4, 0.5) is 0 Å². The van der Waals surface area contributed by atoms with Crippen LogP contribution in [-0.2, 0) is 5.75 Å². The number of thioether (sulfide) groups is 1. The van der Waals surface area contributed by atoms with Crippen LogP contribution in [0.5, 0.6) is 0 Å². The lowest BCUT2D eigenvalue weighted by atomic mass is 10.2. The van der Waals surface area contributed by atoms with Crippen LogP contribution >= 0.6 is 23.4 Å².